The van der Waals surface area contributed by atoms with Gasteiger partial charge in [0, 0.05) is 6.20 Å². The summed E-state index contributed by atoms with van der Waals surface area (Å²) in [5.41, 5.74) is -1.79. The normalized spacial score (nSPS) is 14.8. The highest BCUT2D eigenvalue weighted by molar-refractivity contribution is 7.90. The summed E-state index contributed by atoms with van der Waals surface area (Å²) in [7, 11) is -6.45. The molecule has 0 unspecified atom stereocenters. The molecule has 0 saturated carbocycles. The zero-order valence-electron chi connectivity index (χ0n) is 11.4. The van der Waals surface area contributed by atoms with E-state index in [1.165, 1.54) is 6.92 Å². The van der Waals surface area contributed by atoms with Crippen LogP contribution in [0.15, 0.2) is 18.3 Å². The number of nitrogens with zero attached hydrogens (tertiary/aromatic N) is 1. The second-order valence-corrected chi connectivity index (χ2v) is 6.09. The van der Waals surface area contributed by atoms with Crippen LogP contribution in [0.4, 0.5) is 35.1 Å². The van der Waals surface area contributed by atoms with Crippen molar-refractivity contribution in [1.82, 2.24) is 4.98 Å². The summed E-state index contributed by atoms with van der Waals surface area (Å²) in [6.07, 6.45) is -12.2. The molecule has 0 aliphatic carbocycles. The molecule has 138 valence electrons. The Morgan fingerprint density at radius 3 is 1.96 bits per heavy atom. The van der Waals surface area contributed by atoms with Crippen LogP contribution in [0.25, 0.3) is 0 Å². The van der Waals surface area contributed by atoms with Gasteiger partial charge < -0.3 is 0 Å². The summed E-state index contributed by atoms with van der Waals surface area (Å²) in [4.78, 5) is 2.83. The van der Waals surface area contributed by atoms with Crippen LogP contribution in [-0.4, -0.2) is 30.9 Å². The Labute approximate surface area is 129 Å². The molecule has 0 radical (unpaired) electrons. The zero-order valence-corrected chi connectivity index (χ0v) is 12.2. The van der Waals surface area contributed by atoms with Crippen LogP contribution in [0.1, 0.15) is 11.3 Å². The van der Waals surface area contributed by atoms with Gasteiger partial charge in [0.25, 0.3) is 10.0 Å². The average Bonchev–Trinajstić information content (AvgIpc) is 2.35. The first-order chi connectivity index (χ1) is 10.5. The third kappa shape index (κ3) is 3.44. The first-order valence-electron chi connectivity index (χ1n) is 5.62. The number of hydrogen-bond donors (Lipinski definition) is 1. The fourth-order valence-corrected chi connectivity index (χ4v) is 1.68. The van der Waals surface area contributed by atoms with Gasteiger partial charge in [-0.1, -0.05) is 0 Å². The number of aryl methyl sites for hydroxylation is 1. The number of alkyl halides is 8. The number of halogens is 8. The van der Waals surface area contributed by atoms with Crippen molar-refractivity contribution in [1.29, 1.82) is 0 Å². The topological polar surface area (TPSA) is 82.3 Å². The maximum Gasteiger partial charge on any atom is 0.448 e. The van der Waals surface area contributed by atoms with Gasteiger partial charge in [0.1, 0.15) is 5.69 Å². The molecule has 24 heavy (non-hydrogen) atoms. The van der Waals surface area contributed by atoms with Gasteiger partial charge >= 0.3 is 23.4 Å². The molecular formula is C10H8F8N2O3S. The maximum absolute atomic E-state index is 13.6. The first kappa shape index (κ1) is 20.5. The molecule has 0 aliphatic rings. The van der Waals surface area contributed by atoms with Gasteiger partial charge in [0.05, 0.1) is 0 Å². The Morgan fingerprint density at radius 1 is 1.04 bits per heavy atom. The quantitative estimate of drug-likeness (QED) is 0.760. The highest BCUT2D eigenvalue weighted by Crippen LogP contribution is 2.49. The molecule has 1 aromatic heterocycles. The Hall–Kier alpha value is -1.54. The number of rotatable bonds is 6. The van der Waals surface area contributed by atoms with Crippen LogP contribution in [0.3, 0.4) is 0 Å². The van der Waals surface area contributed by atoms with E-state index in [1.807, 2.05) is 0 Å². The molecule has 1 heterocycles. The SMILES string of the molecule is Cc1ccnc(C(F)(F)C(F)(F)OC(F)(F)C(F)(F)S(N)(=O)=O)c1. The number of aromatic nitrogens is 1. The molecule has 0 amide bonds. The highest BCUT2D eigenvalue weighted by atomic mass is 32.2. The summed E-state index contributed by atoms with van der Waals surface area (Å²) in [6, 6.07) is 1.47. The van der Waals surface area contributed by atoms with Gasteiger partial charge in [0.15, 0.2) is 0 Å². The van der Waals surface area contributed by atoms with Crippen LogP contribution in [-0.2, 0) is 20.7 Å². The molecule has 14 heteroatoms. The lowest BCUT2D eigenvalue weighted by Gasteiger charge is -2.31. The van der Waals surface area contributed by atoms with Crippen molar-refractivity contribution < 1.29 is 48.3 Å². The predicted octanol–water partition coefficient (Wildman–Crippen LogP) is 2.57. The van der Waals surface area contributed by atoms with Gasteiger partial charge in [-0.05, 0) is 24.6 Å². The molecule has 1 rings (SSSR count). The van der Waals surface area contributed by atoms with E-state index in [0.29, 0.717) is 12.3 Å². The Kier molecular flexibility index (Phi) is 4.93. The Balaban J connectivity index is 3.29. The Bertz CT molecular complexity index is 723. The monoisotopic (exact) mass is 388 g/mol. The summed E-state index contributed by atoms with van der Waals surface area (Å²) in [5.74, 6) is -5.59. The van der Waals surface area contributed by atoms with Crippen LogP contribution in [0.2, 0.25) is 0 Å². The van der Waals surface area contributed by atoms with Crippen LogP contribution in [0, 0.1) is 6.92 Å². The molecule has 0 aliphatic heterocycles. The smallest absolute Gasteiger partial charge is 0.255 e. The number of sulfonamides is 1. The van der Waals surface area contributed by atoms with Crippen molar-refractivity contribution >= 4 is 10.0 Å². The van der Waals surface area contributed by atoms with Crippen molar-refractivity contribution in [3.05, 3.63) is 29.6 Å². The summed E-state index contributed by atoms with van der Waals surface area (Å²) in [5, 5.41) is -2.61. The van der Waals surface area contributed by atoms with Crippen LogP contribution >= 0.6 is 0 Å². The van der Waals surface area contributed by atoms with E-state index in [0.717, 1.165) is 6.07 Å². The van der Waals surface area contributed by atoms with E-state index in [2.05, 4.69) is 14.9 Å². The molecule has 0 spiro atoms. The van der Waals surface area contributed by atoms with E-state index >= 15 is 0 Å². The largest absolute Gasteiger partial charge is 0.448 e. The first-order valence-corrected chi connectivity index (χ1v) is 7.17. The molecule has 0 atom stereocenters. The van der Waals surface area contributed by atoms with Gasteiger partial charge in [-0.2, -0.15) is 35.1 Å². The van der Waals surface area contributed by atoms with Gasteiger partial charge in [0.2, 0.25) is 0 Å². The molecular weight excluding hydrogens is 380 g/mol. The zero-order chi connectivity index (χ0) is 19.2. The number of ether oxygens (including phenoxy) is 1. The predicted molar refractivity (Wildman–Crippen MR) is 61.9 cm³/mol. The fraction of sp³-hybridized carbons (Fsp3) is 0.500. The fourth-order valence-electron chi connectivity index (χ4n) is 1.31. The molecule has 1 aromatic rings. The van der Waals surface area contributed by atoms with E-state index in [-0.39, 0.29) is 5.56 Å². The number of hydrogen-bond acceptors (Lipinski definition) is 4. The van der Waals surface area contributed by atoms with E-state index < -0.39 is 39.1 Å². The summed E-state index contributed by atoms with van der Waals surface area (Å²) < 4.78 is 129. The minimum atomic E-state index is -6.56. The molecule has 0 bridgehead atoms. The highest BCUT2D eigenvalue weighted by Gasteiger charge is 2.73. The van der Waals surface area contributed by atoms with Crippen molar-refractivity contribution in [2.75, 3.05) is 0 Å². The van der Waals surface area contributed by atoms with E-state index in [1.54, 1.807) is 0 Å². The molecule has 0 aromatic carbocycles. The van der Waals surface area contributed by atoms with Crippen molar-refractivity contribution in [3.8, 4) is 0 Å². The molecule has 0 fully saturated rings. The summed E-state index contributed by atoms with van der Waals surface area (Å²) in [6.45, 7) is 1.17. The maximum atomic E-state index is 13.6. The molecule has 0 saturated heterocycles. The minimum Gasteiger partial charge on any atom is -0.255 e. The third-order valence-corrected chi connectivity index (χ3v) is 3.51. The molecule has 5 nitrogen and oxygen atoms in total. The summed E-state index contributed by atoms with van der Waals surface area (Å²) >= 11 is 0. The lowest BCUT2D eigenvalue weighted by molar-refractivity contribution is -0.459. The number of nitrogens with two attached hydrogens (primary N) is 1. The standard InChI is InChI=1S/C10H8F8N2O3S/c1-5-2-3-20-6(4-5)7(11,12)8(13,14)23-9(15,16)10(17,18)24(19,21)22/h2-4H,1H3,(H2,19,21,22). The van der Waals surface area contributed by atoms with Crippen LogP contribution in [0.5, 0.6) is 0 Å². The number of pyridine rings is 1. The average molecular weight is 388 g/mol. The van der Waals surface area contributed by atoms with E-state index in [9.17, 15) is 43.5 Å². The Morgan fingerprint density at radius 2 is 1.54 bits per heavy atom. The minimum absolute atomic E-state index is 0.0305. The van der Waals surface area contributed by atoms with Gasteiger partial charge in [-0.25, -0.2) is 18.3 Å². The number of primary sulfonamides is 1. The third-order valence-electron chi connectivity index (χ3n) is 2.56. The van der Waals surface area contributed by atoms with Crippen molar-refractivity contribution in [2.24, 2.45) is 5.14 Å². The van der Waals surface area contributed by atoms with Crippen molar-refractivity contribution in [2.45, 2.75) is 30.3 Å². The lowest BCUT2D eigenvalue weighted by atomic mass is 10.1. The lowest BCUT2D eigenvalue weighted by Crippen LogP contribution is -2.56. The van der Waals surface area contributed by atoms with Crippen LogP contribution < -0.4 is 5.14 Å². The van der Waals surface area contributed by atoms with Gasteiger partial charge in [-0.15, -0.1) is 0 Å². The second kappa shape index (κ2) is 5.77. The second-order valence-electron chi connectivity index (χ2n) is 4.49. The van der Waals surface area contributed by atoms with Crippen molar-refractivity contribution in [3.63, 3.8) is 0 Å². The van der Waals surface area contributed by atoms with Gasteiger partial charge in [-0.3, -0.25) is 4.98 Å². The molecule has 2 N–H and O–H groups in total. The van der Waals surface area contributed by atoms with E-state index in [4.69, 9.17) is 0 Å².